The van der Waals surface area contributed by atoms with Crippen molar-refractivity contribution in [3.63, 3.8) is 0 Å². The van der Waals surface area contributed by atoms with E-state index in [1.165, 1.54) is 4.90 Å². The molecule has 25 heavy (non-hydrogen) atoms. The molecule has 6 heteroatoms. The van der Waals surface area contributed by atoms with Crippen LogP contribution < -0.4 is 4.72 Å². The molecule has 0 aliphatic heterocycles. The van der Waals surface area contributed by atoms with Crippen LogP contribution in [0.3, 0.4) is 0 Å². The van der Waals surface area contributed by atoms with Crippen molar-refractivity contribution in [2.45, 2.75) is 31.2 Å². The third-order valence-electron chi connectivity index (χ3n) is 3.96. The summed E-state index contributed by atoms with van der Waals surface area (Å²) in [6, 6.07) is 16.3. The zero-order valence-electron chi connectivity index (χ0n) is 14.8. The number of hydrogen-bond donors (Lipinski definition) is 1. The Kier molecular flexibility index (Phi) is 6.33. The molecule has 0 aliphatic carbocycles. The summed E-state index contributed by atoms with van der Waals surface area (Å²) >= 11 is 0. The Morgan fingerprint density at radius 3 is 2.20 bits per heavy atom. The van der Waals surface area contributed by atoms with Crippen LogP contribution in [0.1, 0.15) is 30.9 Å². The maximum atomic E-state index is 12.3. The van der Waals surface area contributed by atoms with E-state index in [0.717, 1.165) is 11.1 Å². The van der Waals surface area contributed by atoms with E-state index >= 15 is 0 Å². The van der Waals surface area contributed by atoms with Gasteiger partial charge in [0, 0.05) is 13.6 Å². The van der Waals surface area contributed by atoms with Crippen molar-refractivity contribution < 1.29 is 13.2 Å². The number of carbonyl (C=O) groups is 1. The molecule has 134 valence electrons. The fourth-order valence-corrected chi connectivity index (χ4v) is 3.33. The van der Waals surface area contributed by atoms with Gasteiger partial charge in [-0.1, -0.05) is 56.3 Å². The average Bonchev–Trinajstić information content (AvgIpc) is 2.60. The minimum Gasteiger partial charge on any atom is -0.340 e. The first-order chi connectivity index (χ1) is 11.8. The summed E-state index contributed by atoms with van der Waals surface area (Å²) in [5.41, 5.74) is 2.06. The molecule has 5 nitrogen and oxygen atoms in total. The van der Waals surface area contributed by atoms with Gasteiger partial charge in [0.2, 0.25) is 15.9 Å². The molecule has 0 aliphatic rings. The van der Waals surface area contributed by atoms with Crippen molar-refractivity contribution in [3.05, 3.63) is 65.7 Å². The molecule has 0 aromatic heterocycles. The highest BCUT2D eigenvalue weighted by molar-refractivity contribution is 7.89. The summed E-state index contributed by atoms with van der Waals surface area (Å²) in [6.45, 7) is 4.26. The first-order valence-corrected chi connectivity index (χ1v) is 9.65. The van der Waals surface area contributed by atoms with Crippen molar-refractivity contribution in [1.82, 2.24) is 9.62 Å². The lowest BCUT2D eigenvalue weighted by molar-refractivity contribution is -0.129. The Labute approximate surface area is 149 Å². The molecule has 2 aromatic carbocycles. The summed E-state index contributed by atoms with van der Waals surface area (Å²) < 4.78 is 27.0. The first-order valence-electron chi connectivity index (χ1n) is 8.17. The molecule has 0 radical (unpaired) electrons. The standard InChI is InChI=1S/C19H24N2O3S/c1-15(2)17-9-11-18(12-10-17)25(23,24)20-13-19(22)21(3)14-16-7-5-4-6-8-16/h4-12,15,20H,13-14H2,1-3H3. The van der Waals surface area contributed by atoms with Crippen LogP contribution in [0.15, 0.2) is 59.5 Å². The molecule has 1 amide bonds. The predicted molar refractivity (Wildman–Crippen MR) is 98.6 cm³/mol. The first kappa shape index (κ1) is 19.1. The Bertz CT molecular complexity index is 800. The van der Waals surface area contributed by atoms with Crippen LogP contribution in [-0.2, 0) is 21.4 Å². The number of nitrogens with zero attached hydrogens (tertiary/aromatic N) is 1. The highest BCUT2D eigenvalue weighted by Gasteiger charge is 2.17. The number of amides is 1. The highest BCUT2D eigenvalue weighted by atomic mass is 32.2. The van der Waals surface area contributed by atoms with Gasteiger partial charge in [-0.3, -0.25) is 4.79 Å². The summed E-state index contributed by atoms with van der Waals surface area (Å²) in [4.78, 5) is 13.8. The van der Waals surface area contributed by atoms with Gasteiger partial charge in [0.05, 0.1) is 11.4 Å². The van der Waals surface area contributed by atoms with Gasteiger partial charge in [-0.15, -0.1) is 0 Å². The normalized spacial score (nSPS) is 11.5. The van der Waals surface area contributed by atoms with Crippen LogP contribution in [0.2, 0.25) is 0 Å². The van der Waals surface area contributed by atoms with Crippen LogP contribution >= 0.6 is 0 Å². The SMILES string of the molecule is CC(C)c1ccc(S(=O)(=O)NCC(=O)N(C)Cc2ccccc2)cc1. The van der Waals surface area contributed by atoms with E-state index in [0.29, 0.717) is 12.5 Å². The van der Waals surface area contributed by atoms with E-state index in [-0.39, 0.29) is 17.3 Å². The van der Waals surface area contributed by atoms with Crippen LogP contribution in [0.25, 0.3) is 0 Å². The molecule has 0 bridgehead atoms. The smallest absolute Gasteiger partial charge is 0.241 e. The lowest BCUT2D eigenvalue weighted by Crippen LogP contribution is -2.37. The van der Waals surface area contributed by atoms with E-state index in [1.54, 1.807) is 31.3 Å². The number of hydrogen-bond acceptors (Lipinski definition) is 3. The average molecular weight is 360 g/mol. The Morgan fingerprint density at radius 1 is 1.04 bits per heavy atom. The van der Waals surface area contributed by atoms with Crippen molar-refractivity contribution >= 4 is 15.9 Å². The molecule has 2 rings (SSSR count). The second kappa shape index (κ2) is 8.27. The maximum Gasteiger partial charge on any atom is 0.241 e. The molecule has 0 atom stereocenters. The van der Waals surface area contributed by atoms with Gasteiger partial charge in [0.25, 0.3) is 0 Å². The van der Waals surface area contributed by atoms with Gasteiger partial charge in [-0.25, -0.2) is 13.1 Å². The third kappa shape index (κ3) is 5.41. The number of likely N-dealkylation sites (N-methyl/N-ethyl adjacent to an activating group) is 1. The monoisotopic (exact) mass is 360 g/mol. The molecule has 0 saturated carbocycles. The number of sulfonamides is 1. The summed E-state index contributed by atoms with van der Waals surface area (Å²) in [6.07, 6.45) is 0. The van der Waals surface area contributed by atoms with Gasteiger partial charge < -0.3 is 4.90 Å². The van der Waals surface area contributed by atoms with E-state index in [2.05, 4.69) is 4.72 Å². The van der Waals surface area contributed by atoms with Crippen molar-refractivity contribution in [3.8, 4) is 0 Å². The van der Waals surface area contributed by atoms with Crippen LogP contribution in [0.5, 0.6) is 0 Å². The zero-order valence-corrected chi connectivity index (χ0v) is 15.6. The fourth-order valence-electron chi connectivity index (χ4n) is 2.35. The number of benzene rings is 2. The lowest BCUT2D eigenvalue weighted by Gasteiger charge is -2.17. The Hall–Kier alpha value is -2.18. The summed E-state index contributed by atoms with van der Waals surface area (Å²) in [5, 5.41) is 0. The van der Waals surface area contributed by atoms with Gasteiger partial charge in [0.15, 0.2) is 0 Å². The lowest BCUT2D eigenvalue weighted by atomic mass is 10.0. The molecule has 1 N–H and O–H groups in total. The van der Waals surface area contributed by atoms with Gasteiger partial charge in [0.1, 0.15) is 0 Å². The largest absolute Gasteiger partial charge is 0.340 e. The van der Waals surface area contributed by atoms with Crippen molar-refractivity contribution in [1.29, 1.82) is 0 Å². The molecule has 2 aromatic rings. The topological polar surface area (TPSA) is 66.5 Å². The van der Waals surface area contributed by atoms with Crippen LogP contribution in [-0.4, -0.2) is 32.8 Å². The second-order valence-electron chi connectivity index (χ2n) is 6.28. The molecular formula is C19H24N2O3S. The Balaban J connectivity index is 1.95. The minimum absolute atomic E-state index is 0.162. The van der Waals surface area contributed by atoms with E-state index in [9.17, 15) is 13.2 Å². The molecule has 0 saturated heterocycles. The van der Waals surface area contributed by atoms with Crippen LogP contribution in [0, 0.1) is 0 Å². The van der Waals surface area contributed by atoms with Gasteiger partial charge in [-0.2, -0.15) is 0 Å². The van der Waals surface area contributed by atoms with E-state index in [1.807, 2.05) is 44.2 Å². The fraction of sp³-hybridized carbons (Fsp3) is 0.316. The summed E-state index contributed by atoms with van der Waals surface area (Å²) in [7, 11) is -2.05. The number of rotatable bonds is 7. The highest BCUT2D eigenvalue weighted by Crippen LogP contribution is 2.17. The molecular weight excluding hydrogens is 336 g/mol. The maximum absolute atomic E-state index is 12.3. The molecule has 0 spiro atoms. The molecule has 0 fully saturated rings. The van der Waals surface area contributed by atoms with Gasteiger partial charge in [-0.05, 0) is 29.2 Å². The zero-order chi connectivity index (χ0) is 18.4. The van der Waals surface area contributed by atoms with Crippen molar-refractivity contribution in [2.24, 2.45) is 0 Å². The van der Waals surface area contributed by atoms with E-state index < -0.39 is 10.0 Å². The third-order valence-corrected chi connectivity index (χ3v) is 5.38. The predicted octanol–water partition coefficient (Wildman–Crippen LogP) is 2.75. The quantitative estimate of drug-likeness (QED) is 0.826. The minimum atomic E-state index is -3.70. The summed E-state index contributed by atoms with van der Waals surface area (Å²) in [5.74, 6) is 0.0455. The molecule has 0 heterocycles. The van der Waals surface area contributed by atoms with Gasteiger partial charge >= 0.3 is 0 Å². The van der Waals surface area contributed by atoms with E-state index in [4.69, 9.17) is 0 Å². The number of nitrogens with one attached hydrogen (secondary N) is 1. The number of carbonyl (C=O) groups excluding carboxylic acids is 1. The van der Waals surface area contributed by atoms with Crippen molar-refractivity contribution in [2.75, 3.05) is 13.6 Å². The Morgan fingerprint density at radius 2 is 1.64 bits per heavy atom. The molecule has 0 unspecified atom stereocenters. The van der Waals surface area contributed by atoms with Crippen LogP contribution in [0.4, 0.5) is 0 Å². The second-order valence-corrected chi connectivity index (χ2v) is 8.05.